The fourth-order valence-corrected chi connectivity index (χ4v) is 4.95. The number of hydrogen-bond acceptors (Lipinski definition) is 3. The minimum atomic E-state index is -0.164. The third-order valence-electron chi connectivity index (χ3n) is 7.21. The summed E-state index contributed by atoms with van der Waals surface area (Å²) in [6, 6.07) is 16.3. The Balaban J connectivity index is 1.89. The molecule has 34 heavy (non-hydrogen) atoms. The lowest BCUT2D eigenvalue weighted by Gasteiger charge is -2.33. The van der Waals surface area contributed by atoms with Crippen molar-refractivity contribution >= 4 is 23.2 Å². The van der Waals surface area contributed by atoms with Crippen LogP contribution in [-0.4, -0.2) is 36.9 Å². The zero-order valence-electron chi connectivity index (χ0n) is 21.5. The lowest BCUT2D eigenvalue weighted by atomic mass is 9.94. The van der Waals surface area contributed by atoms with Crippen LogP contribution >= 0.6 is 0 Å². The van der Waals surface area contributed by atoms with Gasteiger partial charge in [0.2, 0.25) is 11.8 Å². The lowest BCUT2D eigenvalue weighted by Crippen LogP contribution is -2.41. The quantitative estimate of drug-likeness (QED) is 0.456. The van der Waals surface area contributed by atoms with Crippen LogP contribution in [0.2, 0.25) is 0 Å². The topological polar surface area (TPSA) is 52.7 Å². The predicted molar refractivity (Wildman–Crippen MR) is 141 cm³/mol. The van der Waals surface area contributed by atoms with Crippen molar-refractivity contribution in [1.29, 1.82) is 0 Å². The summed E-state index contributed by atoms with van der Waals surface area (Å²) in [6.45, 7) is 6.84. The molecular formula is C29H41N3O2. The van der Waals surface area contributed by atoms with E-state index in [0.29, 0.717) is 6.54 Å². The Morgan fingerprint density at radius 3 is 2.26 bits per heavy atom. The third-order valence-corrected chi connectivity index (χ3v) is 7.21. The summed E-state index contributed by atoms with van der Waals surface area (Å²) in [5.41, 5.74) is 3.98. The average Bonchev–Trinajstić information content (AvgIpc) is 3.38. The van der Waals surface area contributed by atoms with Gasteiger partial charge in [0, 0.05) is 44.0 Å². The SMILES string of the molecule is CCC(C(=O)N(Cc1cc(NC(=O)C2CCCC2)ccc1N(C)C)C(C)CC)c1ccccc1. The molecule has 2 atom stereocenters. The molecule has 3 rings (SSSR count). The largest absolute Gasteiger partial charge is 0.377 e. The first-order valence-corrected chi connectivity index (χ1v) is 12.8. The number of rotatable bonds is 10. The van der Waals surface area contributed by atoms with Crippen molar-refractivity contribution in [2.75, 3.05) is 24.3 Å². The molecule has 0 heterocycles. The van der Waals surface area contributed by atoms with Gasteiger partial charge in [0.1, 0.15) is 0 Å². The summed E-state index contributed by atoms with van der Waals surface area (Å²) >= 11 is 0. The molecule has 2 amide bonds. The van der Waals surface area contributed by atoms with Gasteiger partial charge in [-0.15, -0.1) is 0 Å². The maximum Gasteiger partial charge on any atom is 0.230 e. The molecule has 0 spiro atoms. The number of carbonyl (C=O) groups is 2. The molecule has 0 aromatic heterocycles. The van der Waals surface area contributed by atoms with Crippen LogP contribution in [0.15, 0.2) is 48.5 Å². The summed E-state index contributed by atoms with van der Waals surface area (Å²) in [6.07, 6.45) is 5.86. The number of hydrogen-bond donors (Lipinski definition) is 1. The molecule has 2 unspecified atom stereocenters. The summed E-state index contributed by atoms with van der Waals surface area (Å²) in [4.78, 5) is 30.7. The Morgan fingerprint density at radius 2 is 1.68 bits per heavy atom. The van der Waals surface area contributed by atoms with Crippen LogP contribution in [0, 0.1) is 5.92 Å². The van der Waals surface area contributed by atoms with Crippen LogP contribution in [-0.2, 0) is 16.1 Å². The standard InChI is InChI=1S/C29H41N3O2/c1-6-21(3)32(29(34)26(7-2)22-13-9-8-10-14-22)20-24-19-25(17-18-27(24)31(4)5)30-28(33)23-15-11-12-16-23/h8-10,13-14,17-19,21,23,26H,6-7,11-12,15-16,20H2,1-5H3,(H,30,33). The van der Waals surface area contributed by atoms with Crippen LogP contribution in [0.5, 0.6) is 0 Å². The Hall–Kier alpha value is -2.82. The van der Waals surface area contributed by atoms with Crippen molar-refractivity contribution in [3.05, 3.63) is 59.7 Å². The highest BCUT2D eigenvalue weighted by molar-refractivity contribution is 5.93. The van der Waals surface area contributed by atoms with E-state index < -0.39 is 0 Å². The molecule has 1 aliphatic carbocycles. The first kappa shape index (κ1) is 25.8. The molecule has 1 aliphatic rings. The molecule has 184 valence electrons. The first-order valence-electron chi connectivity index (χ1n) is 12.8. The van der Waals surface area contributed by atoms with E-state index in [-0.39, 0.29) is 29.7 Å². The van der Waals surface area contributed by atoms with Gasteiger partial charge in [-0.2, -0.15) is 0 Å². The van der Waals surface area contributed by atoms with E-state index in [0.717, 1.165) is 61.0 Å². The fourth-order valence-electron chi connectivity index (χ4n) is 4.95. The van der Waals surface area contributed by atoms with Crippen molar-refractivity contribution in [1.82, 2.24) is 4.90 Å². The van der Waals surface area contributed by atoms with Crippen LogP contribution < -0.4 is 10.2 Å². The highest BCUT2D eigenvalue weighted by Gasteiger charge is 2.28. The molecule has 5 nitrogen and oxygen atoms in total. The van der Waals surface area contributed by atoms with Crippen LogP contribution in [0.1, 0.15) is 76.3 Å². The lowest BCUT2D eigenvalue weighted by molar-refractivity contribution is -0.135. The van der Waals surface area contributed by atoms with Gasteiger partial charge < -0.3 is 15.1 Å². The van der Waals surface area contributed by atoms with Crippen LogP contribution in [0.25, 0.3) is 0 Å². The van der Waals surface area contributed by atoms with Gasteiger partial charge in [-0.05, 0) is 61.9 Å². The molecule has 5 heteroatoms. The van der Waals surface area contributed by atoms with Crippen molar-refractivity contribution in [3.8, 4) is 0 Å². The van der Waals surface area contributed by atoms with Gasteiger partial charge in [0.15, 0.2) is 0 Å². The minimum absolute atomic E-state index is 0.108. The predicted octanol–water partition coefficient (Wildman–Crippen LogP) is 6.20. The van der Waals surface area contributed by atoms with Crippen molar-refractivity contribution in [2.45, 2.75) is 77.8 Å². The molecular weight excluding hydrogens is 422 g/mol. The molecule has 2 aromatic rings. The molecule has 0 bridgehead atoms. The number of nitrogens with zero attached hydrogens (tertiary/aromatic N) is 2. The number of benzene rings is 2. The van der Waals surface area contributed by atoms with Crippen molar-refractivity contribution in [2.24, 2.45) is 5.92 Å². The first-order chi connectivity index (χ1) is 16.3. The third kappa shape index (κ3) is 6.19. The Bertz CT molecular complexity index is 951. The average molecular weight is 464 g/mol. The number of anilines is 2. The monoisotopic (exact) mass is 463 g/mol. The number of amides is 2. The van der Waals surface area contributed by atoms with Crippen LogP contribution in [0.4, 0.5) is 11.4 Å². The molecule has 1 fully saturated rings. The van der Waals surface area contributed by atoms with E-state index in [9.17, 15) is 9.59 Å². The maximum absolute atomic E-state index is 13.8. The molecule has 1 N–H and O–H groups in total. The molecule has 1 saturated carbocycles. The van der Waals surface area contributed by atoms with Gasteiger partial charge >= 0.3 is 0 Å². The normalized spacial score (nSPS) is 15.6. The van der Waals surface area contributed by atoms with Crippen LogP contribution in [0.3, 0.4) is 0 Å². The minimum Gasteiger partial charge on any atom is -0.377 e. The second kappa shape index (κ2) is 12.0. The second-order valence-corrected chi connectivity index (χ2v) is 9.80. The zero-order chi connectivity index (χ0) is 24.7. The Labute approximate surface area is 205 Å². The molecule has 2 aromatic carbocycles. The Morgan fingerprint density at radius 1 is 1.00 bits per heavy atom. The fraction of sp³-hybridized carbons (Fsp3) is 0.517. The van der Waals surface area contributed by atoms with Crippen molar-refractivity contribution < 1.29 is 9.59 Å². The van der Waals surface area contributed by atoms with Gasteiger partial charge in [-0.25, -0.2) is 0 Å². The van der Waals surface area contributed by atoms with E-state index in [1.807, 2.05) is 67.5 Å². The van der Waals surface area contributed by atoms with Gasteiger partial charge in [0.05, 0.1) is 5.92 Å². The van der Waals surface area contributed by atoms with E-state index in [2.05, 4.69) is 31.0 Å². The van der Waals surface area contributed by atoms with E-state index in [1.165, 1.54) is 0 Å². The van der Waals surface area contributed by atoms with E-state index in [4.69, 9.17) is 0 Å². The molecule has 0 aliphatic heterocycles. The Kier molecular flexibility index (Phi) is 9.14. The highest BCUT2D eigenvalue weighted by Crippen LogP contribution is 2.30. The van der Waals surface area contributed by atoms with E-state index in [1.54, 1.807) is 0 Å². The second-order valence-electron chi connectivity index (χ2n) is 9.80. The van der Waals surface area contributed by atoms with Gasteiger partial charge in [-0.3, -0.25) is 9.59 Å². The smallest absolute Gasteiger partial charge is 0.230 e. The van der Waals surface area contributed by atoms with Gasteiger partial charge in [0.25, 0.3) is 0 Å². The molecule has 0 saturated heterocycles. The maximum atomic E-state index is 13.8. The summed E-state index contributed by atoms with van der Waals surface area (Å²) in [5, 5.41) is 3.13. The highest BCUT2D eigenvalue weighted by atomic mass is 16.2. The van der Waals surface area contributed by atoms with Gasteiger partial charge in [-0.1, -0.05) is 57.0 Å². The zero-order valence-corrected chi connectivity index (χ0v) is 21.5. The summed E-state index contributed by atoms with van der Waals surface area (Å²) in [7, 11) is 4.04. The van der Waals surface area contributed by atoms with Crippen molar-refractivity contribution in [3.63, 3.8) is 0 Å². The number of carbonyl (C=O) groups excluding carboxylic acids is 2. The summed E-state index contributed by atoms with van der Waals surface area (Å²) in [5.74, 6) is 0.230. The number of nitrogens with one attached hydrogen (secondary N) is 1. The molecule has 0 radical (unpaired) electrons. The summed E-state index contributed by atoms with van der Waals surface area (Å²) < 4.78 is 0. The van der Waals surface area contributed by atoms with E-state index >= 15 is 0 Å².